The largest absolute Gasteiger partial charge is 0.494 e. The van der Waals surface area contributed by atoms with Gasteiger partial charge in [-0.15, -0.1) is 0 Å². The van der Waals surface area contributed by atoms with Crippen LogP contribution in [0.25, 0.3) is 17.0 Å². The average Bonchev–Trinajstić information content (AvgIpc) is 3.11. The molecule has 0 aliphatic carbocycles. The molecule has 0 saturated carbocycles. The Hall–Kier alpha value is -2.57. The number of carbonyl (C=O) groups excluding carboxylic acids is 1. The second-order valence-electron chi connectivity index (χ2n) is 6.52. The smallest absolute Gasteiger partial charge is 0.270 e. The lowest BCUT2D eigenvalue weighted by Crippen LogP contribution is -2.27. The molecule has 0 atom stereocenters. The summed E-state index contributed by atoms with van der Waals surface area (Å²) >= 11 is 6.84. The van der Waals surface area contributed by atoms with Gasteiger partial charge in [0.25, 0.3) is 5.91 Å². The van der Waals surface area contributed by atoms with Crippen molar-refractivity contribution in [3.05, 3.63) is 64.7 Å². The summed E-state index contributed by atoms with van der Waals surface area (Å²) < 4.78 is 8.17. The fourth-order valence-electron chi connectivity index (χ4n) is 3.41. The summed E-state index contributed by atoms with van der Waals surface area (Å²) in [6.07, 6.45) is 1.96. The monoisotopic (exact) mass is 408 g/mol. The third kappa shape index (κ3) is 3.12. The van der Waals surface area contributed by atoms with Gasteiger partial charge in [0.1, 0.15) is 5.75 Å². The van der Waals surface area contributed by atoms with Gasteiger partial charge in [-0.2, -0.15) is 0 Å². The molecule has 2 aromatic carbocycles. The number of aryl methyl sites for hydroxylation is 1. The number of nitrogens with zero attached hydrogens (tertiary/aromatic N) is 2. The van der Waals surface area contributed by atoms with E-state index >= 15 is 0 Å². The molecule has 2 heterocycles. The molecular formula is C22H20N2O2S2. The van der Waals surface area contributed by atoms with Crippen LogP contribution in [0.1, 0.15) is 18.2 Å². The standard InChI is InChI=1S/C22H20N2O2S2/c1-4-26-16-11-9-15(10-12-16)24-21(25)20(28-22(24)27)13-18-14(2)23(3)19-8-6-5-7-17(18)19/h5-13H,4H2,1-3H3/b20-13-. The van der Waals surface area contributed by atoms with Crippen molar-refractivity contribution in [1.82, 2.24) is 4.57 Å². The van der Waals surface area contributed by atoms with Gasteiger partial charge in [-0.05, 0) is 50.3 Å². The van der Waals surface area contributed by atoms with Gasteiger partial charge in [-0.3, -0.25) is 9.69 Å². The van der Waals surface area contributed by atoms with E-state index in [0.717, 1.165) is 33.6 Å². The topological polar surface area (TPSA) is 34.5 Å². The van der Waals surface area contributed by atoms with Crippen LogP contribution in [-0.4, -0.2) is 21.4 Å². The van der Waals surface area contributed by atoms with E-state index in [4.69, 9.17) is 17.0 Å². The van der Waals surface area contributed by atoms with E-state index in [1.54, 1.807) is 4.90 Å². The summed E-state index contributed by atoms with van der Waals surface area (Å²) in [5.41, 5.74) is 4.08. The van der Waals surface area contributed by atoms with Crippen LogP contribution in [0.4, 0.5) is 5.69 Å². The number of anilines is 1. The van der Waals surface area contributed by atoms with Crippen LogP contribution in [0.3, 0.4) is 0 Å². The molecule has 142 valence electrons. The molecular weight excluding hydrogens is 388 g/mol. The van der Waals surface area contributed by atoms with Crippen molar-refractivity contribution in [3.63, 3.8) is 0 Å². The summed E-state index contributed by atoms with van der Waals surface area (Å²) in [4.78, 5) is 15.3. The van der Waals surface area contributed by atoms with Crippen LogP contribution in [0.5, 0.6) is 5.75 Å². The Balaban J connectivity index is 1.71. The molecule has 0 bridgehead atoms. The number of carbonyl (C=O) groups is 1. The predicted octanol–water partition coefficient (Wildman–Crippen LogP) is 5.29. The van der Waals surface area contributed by atoms with E-state index < -0.39 is 0 Å². The first kappa shape index (κ1) is 18.8. The Morgan fingerprint density at radius 3 is 2.57 bits per heavy atom. The number of aromatic nitrogens is 1. The zero-order valence-corrected chi connectivity index (χ0v) is 17.6. The molecule has 4 rings (SSSR count). The molecule has 1 aromatic heterocycles. The minimum Gasteiger partial charge on any atom is -0.494 e. The first-order valence-corrected chi connectivity index (χ1v) is 10.3. The average molecular weight is 409 g/mol. The molecule has 0 unspecified atom stereocenters. The van der Waals surface area contributed by atoms with Crippen molar-refractivity contribution in [1.29, 1.82) is 0 Å². The second-order valence-corrected chi connectivity index (χ2v) is 8.20. The van der Waals surface area contributed by atoms with E-state index in [1.165, 1.54) is 11.8 Å². The van der Waals surface area contributed by atoms with E-state index in [0.29, 0.717) is 15.8 Å². The quantitative estimate of drug-likeness (QED) is 0.434. The summed E-state index contributed by atoms with van der Waals surface area (Å²) in [5, 5.41) is 1.13. The van der Waals surface area contributed by atoms with Crippen LogP contribution < -0.4 is 9.64 Å². The van der Waals surface area contributed by atoms with E-state index in [-0.39, 0.29) is 5.91 Å². The molecule has 1 saturated heterocycles. The lowest BCUT2D eigenvalue weighted by Gasteiger charge is -2.15. The summed E-state index contributed by atoms with van der Waals surface area (Å²) in [6, 6.07) is 15.7. The van der Waals surface area contributed by atoms with Gasteiger partial charge in [0.2, 0.25) is 0 Å². The molecule has 0 N–H and O–H groups in total. The third-order valence-corrected chi connectivity index (χ3v) is 6.23. The number of thiocarbonyl (C=S) groups is 1. The lowest BCUT2D eigenvalue weighted by molar-refractivity contribution is -0.113. The Morgan fingerprint density at radius 2 is 1.86 bits per heavy atom. The number of para-hydroxylation sites is 1. The Kier molecular flexibility index (Phi) is 5.00. The fraction of sp³-hybridized carbons (Fsp3) is 0.182. The minimum atomic E-state index is -0.0912. The molecule has 28 heavy (non-hydrogen) atoms. The highest BCUT2D eigenvalue weighted by Gasteiger charge is 2.33. The number of hydrogen-bond donors (Lipinski definition) is 0. The van der Waals surface area contributed by atoms with Crippen LogP contribution in [0.15, 0.2) is 53.4 Å². The highest BCUT2D eigenvalue weighted by Crippen LogP contribution is 2.38. The van der Waals surface area contributed by atoms with Gasteiger partial charge in [-0.1, -0.05) is 42.2 Å². The minimum absolute atomic E-state index is 0.0912. The number of ether oxygens (including phenoxy) is 1. The third-order valence-electron chi connectivity index (χ3n) is 4.92. The maximum atomic E-state index is 13.1. The van der Waals surface area contributed by atoms with Crippen LogP contribution in [-0.2, 0) is 11.8 Å². The molecule has 1 aliphatic rings. The molecule has 4 nitrogen and oxygen atoms in total. The molecule has 0 radical (unpaired) electrons. The molecule has 1 amide bonds. The predicted molar refractivity (Wildman–Crippen MR) is 121 cm³/mol. The van der Waals surface area contributed by atoms with Gasteiger partial charge in [-0.25, -0.2) is 0 Å². The van der Waals surface area contributed by atoms with E-state index in [9.17, 15) is 4.79 Å². The van der Waals surface area contributed by atoms with E-state index in [1.807, 2.05) is 56.4 Å². The molecule has 6 heteroatoms. The number of benzene rings is 2. The second kappa shape index (κ2) is 7.45. The fourth-order valence-corrected chi connectivity index (χ4v) is 4.69. The first-order valence-electron chi connectivity index (χ1n) is 9.06. The number of thioether (sulfide) groups is 1. The zero-order chi connectivity index (χ0) is 19.8. The SMILES string of the molecule is CCOc1ccc(N2C(=O)/C(=C/c3c(C)n(C)c4ccccc34)SC2=S)cc1. The van der Waals surface area contributed by atoms with Gasteiger partial charge in [0, 0.05) is 29.2 Å². The van der Waals surface area contributed by atoms with Crippen molar-refractivity contribution < 1.29 is 9.53 Å². The molecule has 0 spiro atoms. The van der Waals surface area contributed by atoms with E-state index in [2.05, 4.69) is 23.6 Å². The normalized spacial score (nSPS) is 15.8. The maximum Gasteiger partial charge on any atom is 0.270 e. The number of rotatable bonds is 4. The van der Waals surface area contributed by atoms with Gasteiger partial charge in [0.05, 0.1) is 17.2 Å². The molecule has 1 fully saturated rings. The van der Waals surface area contributed by atoms with Gasteiger partial charge >= 0.3 is 0 Å². The first-order chi connectivity index (χ1) is 13.5. The number of fused-ring (bicyclic) bond motifs is 1. The summed E-state index contributed by atoms with van der Waals surface area (Å²) in [7, 11) is 2.04. The Bertz CT molecular complexity index is 1110. The number of hydrogen-bond acceptors (Lipinski definition) is 4. The van der Waals surface area contributed by atoms with Crippen LogP contribution in [0.2, 0.25) is 0 Å². The Morgan fingerprint density at radius 1 is 1.14 bits per heavy atom. The van der Waals surface area contributed by atoms with Gasteiger partial charge in [0.15, 0.2) is 4.32 Å². The van der Waals surface area contributed by atoms with Crippen molar-refractivity contribution >= 4 is 56.9 Å². The van der Waals surface area contributed by atoms with Crippen molar-refractivity contribution in [2.24, 2.45) is 7.05 Å². The highest BCUT2D eigenvalue weighted by molar-refractivity contribution is 8.27. The Labute approximate surface area is 173 Å². The van der Waals surface area contributed by atoms with Crippen LogP contribution >= 0.6 is 24.0 Å². The highest BCUT2D eigenvalue weighted by atomic mass is 32.2. The number of amides is 1. The van der Waals surface area contributed by atoms with Crippen molar-refractivity contribution in [2.75, 3.05) is 11.5 Å². The maximum absolute atomic E-state index is 13.1. The van der Waals surface area contributed by atoms with Crippen LogP contribution in [0, 0.1) is 6.92 Å². The van der Waals surface area contributed by atoms with Crippen molar-refractivity contribution in [3.8, 4) is 5.75 Å². The van der Waals surface area contributed by atoms with Crippen molar-refractivity contribution in [2.45, 2.75) is 13.8 Å². The molecule has 3 aromatic rings. The van der Waals surface area contributed by atoms with Gasteiger partial charge < -0.3 is 9.30 Å². The summed E-state index contributed by atoms with van der Waals surface area (Å²) in [6.45, 7) is 4.61. The lowest BCUT2D eigenvalue weighted by atomic mass is 10.1. The summed E-state index contributed by atoms with van der Waals surface area (Å²) in [5.74, 6) is 0.685. The zero-order valence-electron chi connectivity index (χ0n) is 15.9. The molecule has 1 aliphatic heterocycles.